The van der Waals surface area contributed by atoms with E-state index in [0.717, 1.165) is 5.56 Å². The van der Waals surface area contributed by atoms with Gasteiger partial charge < -0.3 is 14.2 Å². The number of hydrogen-bond acceptors (Lipinski definition) is 5. The first kappa shape index (κ1) is 22.2. The summed E-state index contributed by atoms with van der Waals surface area (Å²) < 4.78 is 16.9. The van der Waals surface area contributed by atoms with Crippen LogP contribution in [0.25, 0.3) is 6.08 Å². The second-order valence-electron chi connectivity index (χ2n) is 7.11. The molecule has 0 aromatic heterocycles. The third-order valence-electron chi connectivity index (χ3n) is 5.03. The maximum absolute atomic E-state index is 12.9. The lowest BCUT2D eigenvalue weighted by Crippen LogP contribution is -2.35. The number of hydrogen-bond donors (Lipinski definition) is 1. The van der Waals surface area contributed by atoms with Gasteiger partial charge in [0.25, 0.3) is 11.8 Å². The minimum Gasteiger partial charge on any atom is -0.493 e. The zero-order chi connectivity index (χ0) is 23.4. The predicted octanol–water partition coefficient (Wildman–Crippen LogP) is 4.40. The smallest absolute Gasteiger partial charge is 0.282 e. The van der Waals surface area contributed by atoms with Crippen LogP contribution in [0.2, 0.25) is 5.02 Å². The maximum atomic E-state index is 12.9. The Kier molecular flexibility index (Phi) is 6.51. The molecule has 0 unspecified atom stereocenters. The Labute approximate surface area is 196 Å². The second kappa shape index (κ2) is 9.67. The summed E-state index contributed by atoms with van der Waals surface area (Å²) in [5.41, 5.74) is 4.49. The number of nitrogens with one attached hydrogen (secondary N) is 1. The number of halogens is 1. The SMILES string of the molecule is COc1cc(C=C2C(=O)NN(c3ccccc3)C2=O)cc(OC)c1OCc1ccccc1Cl. The lowest BCUT2D eigenvalue weighted by Gasteiger charge is -2.16. The van der Waals surface area contributed by atoms with E-state index in [1.165, 1.54) is 25.3 Å². The van der Waals surface area contributed by atoms with Crippen LogP contribution in [0.4, 0.5) is 5.69 Å². The fraction of sp³-hybridized carbons (Fsp3) is 0.120. The van der Waals surface area contributed by atoms with Crippen LogP contribution in [-0.4, -0.2) is 26.0 Å². The molecule has 1 fully saturated rings. The number of hydrazine groups is 1. The number of methoxy groups -OCH3 is 2. The zero-order valence-corrected chi connectivity index (χ0v) is 18.8. The number of nitrogens with zero attached hydrogens (tertiary/aromatic N) is 1. The van der Waals surface area contributed by atoms with Gasteiger partial charge in [0.15, 0.2) is 11.5 Å². The van der Waals surface area contributed by atoms with E-state index in [0.29, 0.717) is 33.5 Å². The van der Waals surface area contributed by atoms with Gasteiger partial charge in [0.05, 0.1) is 19.9 Å². The molecule has 168 valence electrons. The summed E-state index contributed by atoms with van der Waals surface area (Å²) in [5.74, 6) is 0.206. The third-order valence-corrected chi connectivity index (χ3v) is 5.40. The van der Waals surface area contributed by atoms with Crippen molar-refractivity contribution >= 4 is 35.2 Å². The summed E-state index contributed by atoms with van der Waals surface area (Å²) in [4.78, 5) is 25.4. The van der Waals surface area contributed by atoms with Crippen molar-refractivity contribution < 1.29 is 23.8 Å². The fourth-order valence-corrected chi connectivity index (χ4v) is 3.56. The first-order valence-corrected chi connectivity index (χ1v) is 10.4. The van der Waals surface area contributed by atoms with Gasteiger partial charge in [0, 0.05) is 10.6 Å². The van der Waals surface area contributed by atoms with E-state index in [-0.39, 0.29) is 12.2 Å². The normalized spacial score (nSPS) is 14.4. The van der Waals surface area contributed by atoms with Crippen molar-refractivity contribution in [1.29, 1.82) is 0 Å². The molecule has 33 heavy (non-hydrogen) atoms. The van der Waals surface area contributed by atoms with Crippen LogP contribution in [0.3, 0.4) is 0 Å². The van der Waals surface area contributed by atoms with Gasteiger partial charge in [0.2, 0.25) is 5.75 Å². The first-order chi connectivity index (χ1) is 16.0. The minimum atomic E-state index is -0.499. The van der Waals surface area contributed by atoms with Crippen molar-refractivity contribution in [1.82, 2.24) is 5.43 Å². The number of ether oxygens (including phenoxy) is 3. The Morgan fingerprint density at radius 2 is 1.58 bits per heavy atom. The molecule has 0 saturated carbocycles. The van der Waals surface area contributed by atoms with Gasteiger partial charge in [-0.15, -0.1) is 0 Å². The highest BCUT2D eigenvalue weighted by Crippen LogP contribution is 2.40. The van der Waals surface area contributed by atoms with Crippen molar-refractivity contribution in [3.63, 3.8) is 0 Å². The van der Waals surface area contributed by atoms with Crippen molar-refractivity contribution in [2.24, 2.45) is 0 Å². The Morgan fingerprint density at radius 3 is 2.21 bits per heavy atom. The number of carbonyl (C=O) groups is 2. The highest BCUT2D eigenvalue weighted by atomic mass is 35.5. The number of para-hydroxylation sites is 1. The molecule has 1 heterocycles. The van der Waals surface area contributed by atoms with E-state index in [2.05, 4.69) is 5.43 Å². The molecule has 2 amide bonds. The lowest BCUT2D eigenvalue weighted by atomic mass is 10.1. The van der Waals surface area contributed by atoms with E-state index >= 15 is 0 Å². The Bertz CT molecular complexity index is 1200. The van der Waals surface area contributed by atoms with Crippen LogP contribution < -0.4 is 24.6 Å². The quantitative estimate of drug-likeness (QED) is 0.414. The van der Waals surface area contributed by atoms with Gasteiger partial charge in [0.1, 0.15) is 12.2 Å². The predicted molar refractivity (Wildman–Crippen MR) is 125 cm³/mol. The van der Waals surface area contributed by atoms with Gasteiger partial charge in [-0.05, 0) is 42.0 Å². The molecule has 3 aromatic rings. The van der Waals surface area contributed by atoms with Crippen LogP contribution in [0, 0.1) is 0 Å². The summed E-state index contributed by atoms with van der Waals surface area (Å²) in [5, 5.41) is 1.80. The van der Waals surface area contributed by atoms with Crippen LogP contribution in [0.1, 0.15) is 11.1 Å². The number of amides is 2. The van der Waals surface area contributed by atoms with Crippen molar-refractivity contribution in [2.45, 2.75) is 6.61 Å². The van der Waals surface area contributed by atoms with Crippen molar-refractivity contribution in [3.05, 3.63) is 88.5 Å². The highest BCUT2D eigenvalue weighted by molar-refractivity contribution is 6.32. The molecular formula is C25H21ClN2O5. The van der Waals surface area contributed by atoms with Gasteiger partial charge in [-0.25, -0.2) is 5.01 Å². The average molecular weight is 465 g/mol. The molecule has 0 radical (unpaired) electrons. The largest absolute Gasteiger partial charge is 0.493 e. The molecule has 1 aliphatic rings. The first-order valence-electron chi connectivity index (χ1n) is 10.1. The summed E-state index contributed by atoms with van der Waals surface area (Å²) in [6, 6.07) is 19.6. The molecule has 3 aromatic carbocycles. The van der Waals surface area contributed by atoms with Gasteiger partial charge in [-0.1, -0.05) is 48.0 Å². The molecular weight excluding hydrogens is 444 g/mol. The summed E-state index contributed by atoms with van der Waals surface area (Å²) in [6.45, 7) is 0.208. The van der Waals surface area contributed by atoms with E-state index < -0.39 is 11.8 Å². The van der Waals surface area contributed by atoms with E-state index in [4.69, 9.17) is 25.8 Å². The third kappa shape index (κ3) is 4.63. The lowest BCUT2D eigenvalue weighted by molar-refractivity contribution is -0.117. The van der Waals surface area contributed by atoms with Crippen LogP contribution >= 0.6 is 11.6 Å². The molecule has 0 aliphatic carbocycles. The second-order valence-corrected chi connectivity index (χ2v) is 7.52. The topological polar surface area (TPSA) is 77.1 Å². The number of rotatable bonds is 7. The van der Waals surface area contributed by atoms with E-state index in [1.54, 1.807) is 42.5 Å². The highest BCUT2D eigenvalue weighted by Gasteiger charge is 2.34. The number of carbonyl (C=O) groups excluding carboxylic acids is 2. The summed E-state index contributed by atoms with van der Waals surface area (Å²) in [6.07, 6.45) is 1.49. The molecule has 1 N–H and O–H groups in total. The molecule has 8 heteroatoms. The number of benzene rings is 3. The molecule has 0 bridgehead atoms. The average Bonchev–Trinajstić information content (AvgIpc) is 3.12. The van der Waals surface area contributed by atoms with E-state index in [1.807, 2.05) is 24.3 Å². The van der Waals surface area contributed by atoms with Crippen LogP contribution in [0.5, 0.6) is 17.2 Å². The van der Waals surface area contributed by atoms with Crippen molar-refractivity contribution in [2.75, 3.05) is 19.2 Å². The van der Waals surface area contributed by atoms with Crippen LogP contribution in [0.15, 0.2) is 72.3 Å². The van der Waals surface area contributed by atoms with Gasteiger partial charge in [-0.2, -0.15) is 0 Å². The standard InChI is InChI=1S/C25H21ClN2O5/c1-31-21-13-16(12-19-24(29)27-28(25(19)30)18-9-4-3-5-10-18)14-22(32-2)23(21)33-15-17-8-6-7-11-20(17)26/h3-14H,15H2,1-2H3,(H,27,29). The van der Waals surface area contributed by atoms with Crippen LogP contribution in [-0.2, 0) is 16.2 Å². The Hall–Kier alpha value is -3.97. The van der Waals surface area contributed by atoms with E-state index in [9.17, 15) is 9.59 Å². The molecule has 7 nitrogen and oxygen atoms in total. The zero-order valence-electron chi connectivity index (χ0n) is 18.0. The summed E-state index contributed by atoms with van der Waals surface area (Å²) >= 11 is 6.22. The fourth-order valence-electron chi connectivity index (χ4n) is 3.37. The Balaban J connectivity index is 1.63. The van der Waals surface area contributed by atoms with Gasteiger partial charge in [-0.3, -0.25) is 15.0 Å². The molecule has 0 spiro atoms. The number of anilines is 1. The van der Waals surface area contributed by atoms with Gasteiger partial charge >= 0.3 is 0 Å². The van der Waals surface area contributed by atoms with Crippen molar-refractivity contribution in [3.8, 4) is 17.2 Å². The molecule has 1 aliphatic heterocycles. The molecule has 4 rings (SSSR count). The Morgan fingerprint density at radius 1 is 0.939 bits per heavy atom. The summed E-state index contributed by atoms with van der Waals surface area (Å²) in [7, 11) is 3.00. The monoisotopic (exact) mass is 464 g/mol. The molecule has 0 atom stereocenters. The minimum absolute atomic E-state index is 0.00676. The molecule has 1 saturated heterocycles. The maximum Gasteiger partial charge on any atom is 0.282 e.